The standard InChI is InChI=1S/C19H23N7O4/c1-11(8-28-3)26-13(5-20)4-12-6-21-19(23-17(12)26)22-14-7-25(2)24-18(14)30-16-10-29-9-15(16)27/h4,6-7,11,15-16,27H,8-10H2,1-3H3,(H,21,22,23)/t11-,15+,16+/m0/s1/i2D3. The van der Waals surface area contributed by atoms with E-state index in [1.807, 2.05) is 6.92 Å². The van der Waals surface area contributed by atoms with E-state index >= 15 is 0 Å². The Bertz CT molecular complexity index is 1190. The zero-order valence-electron chi connectivity index (χ0n) is 19.4. The largest absolute Gasteiger partial charge is 0.466 e. The summed E-state index contributed by atoms with van der Waals surface area (Å²) in [6, 6.07) is 3.68. The van der Waals surface area contributed by atoms with E-state index in [9.17, 15) is 10.4 Å². The van der Waals surface area contributed by atoms with Crippen LogP contribution in [0.25, 0.3) is 11.0 Å². The van der Waals surface area contributed by atoms with Crippen molar-refractivity contribution in [3.05, 3.63) is 24.2 Å². The van der Waals surface area contributed by atoms with Gasteiger partial charge in [0.2, 0.25) is 5.95 Å². The van der Waals surface area contributed by atoms with Crippen molar-refractivity contribution >= 4 is 22.7 Å². The molecule has 0 amide bonds. The summed E-state index contributed by atoms with van der Waals surface area (Å²) in [4.78, 5) is 8.80. The molecule has 3 aromatic heterocycles. The number of aryl methyl sites for hydroxylation is 1. The van der Waals surface area contributed by atoms with Gasteiger partial charge in [-0.05, 0) is 13.0 Å². The lowest BCUT2D eigenvalue weighted by Crippen LogP contribution is -2.30. The second-order valence-corrected chi connectivity index (χ2v) is 6.97. The molecule has 1 aliphatic rings. The lowest BCUT2D eigenvalue weighted by Gasteiger charge is -2.16. The van der Waals surface area contributed by atoms with Crippen molar-refractivity contribution in [3.8, 4) is 11.9 Å². The second kappa shape index (κ2) is 8.27. The van der Waals surface area contributed by atoms with Crippen LogP contribution in [-0.2, 0) is 16.4 Å². The third-order valence-electron chi connectivity index (χ3n) is 4.73. The van der Waals surface area contributed by atoms with Gasteiger partial charge in [-0.15, -0.1) is 5.10 Å². The molecule has 2 N–H and O–H groups in total. The van der Waals surface area contributed by atoms with Crippen molar-refractivity contribution in [1.29, 1.82) is 5.26 Å². The molecule has 0 unspecified atom stereocenters. The number of aliphatic hydroxyl groups is 1. The Balaban J connectivity index is 1.70. The predicted octanol–water partition coefficient (Wildman–Crippen LogP) is 1.13. The van der Waals surface area contributed by atoms with Gasteiger partial charge in [0.05, 0.1) is 32.1 Å². The van der Waals surface area contributed by atoms with E-state index in [2.05, 4.69) is 26.5 Å². The van der Waals surface area contributed by atoms with Gasteiger partial charge in [-0.1, -0.05) is 0 Å². The fourth-order valence-electron chi connectivity index (χ4n) is 3.35. The first-order valence-electron chi connectivity index (χ1n) is 10.8. The number of hydrogen-bond donors (Lipinski definition) is 2. The first kappa shape index (κ1) is 16.6. The highest BCUT2D eigenvalue weighted by Gasteiger charge is 2.30. The molecule has 11 nitrogen and oxygen atoms in total. The minimum absolute atomic E-state index is 0.0368. The molecule has 1 fully saturated rings. The Morgan fingerprint density at radius 2 is 2.40 bits per heavy atom. The SMILES string of the molecule is [2H]C([2H])([2H])n1cc(Nc2ncc3cc(C#N)n([C@@H](C)COC)c3n2)c(O[C@@H]2COC[C@H]2O)n1. The van der Waals surface area contributed by atoms with Gasteiger partial charge in [0.15, 0.2) is 6.10 Å². The van der Waals surface area contributed by atoms with Crippen LogP contribution in [0.5, 0.6) is 5.88 Å². The van der Waals surface area contributed by atoms with Crippen LogP contribution in [0, 0.1) is 11.3 Å². The van der Waals surface area contributed by atoms with Crippen LogP contribution in [0.4, 0.5) is 11.6 Å². The lowest BCUT2D eigenvalue weighted by molar-refractivity contribution is 0.0704. The van der Waals surface area contributed by atoms with Crippen molar-refractivity contribution in [2.24, 2.45) is 6.98 Å². The molecule has 0 bridgehead atoms. The molecule has 0 aliphatic carbocycles. The predicted molar refractivity (Wildman–Crippen MR) is 107 cm³/mol. The fourth-order valence-corrected chi connectivity index (χ4v) is 3.35. The monoisotopic (exact) mass is 416 g/mol. The number of fused-ring (bicyclic) bond motifs is 1. The summed E-state index contributed by atoms with van der Waals surface area (Å²) in [5, 5.41) is 27.1. The van der Waals surface area contributed by atoms with E-state index in [1.165, 1.54) is 6.20 Å². The number of nitriles is 1. The molecule has 158 valence electrons. The number of nitrogens with zero attached hydrogens (tertiary/aromatic N) is 6. The highest BCUT2D eigenvalue weighted by molar-refractivity contribution is 5.79. The van der Waals surface area contributed by atoms with Crippen molar-refractivity contribution in [1.82, 2.24) is 24.3 Å². The van der Waals surface area contributed by atoms with Crippen LogP contribution in [0.3, 0.4) is 0 Å². The Kier molecular flexibility index (Phi) is 4.57. The van der Waals surface area contributed by atoms with Gasteiger partial charge in [0, 0.05) is 29.8 Å². The number of nitrogens with one attached hydrogen (secondary N) is 1. The molecular weight excluding hydrogens is 390 g/mol. The Hall–Kier alpha value is -3.20. The third-order valence-corrected chi connectivity index (χ3v) is 4.73. The Labute approximate surface area is 177 Å². The number of aromatic nitrogens is 5. The fraction of sp³-hybridized carbons (Fsp3) is 0.474. The lowest BCUT2D eigenvalue weighted by atomic mass is 10.3. The van der Waals surface area contributed by atoms with Gasteiger partial charge in [0.1, 0.15) is 29.2 Å². The number of hydrogen-bond acceptors (Lipinski definition) is 9. The zero-order chi connectivity index (χ0) is 23.8. The normalized spacial score (nSPS) is 21.6. The van der Waals surface area contributed by atoms with Gasteiger partial charge in [-0.2, -0.15) is 10.2 Å². The van der Waals surface area contributed by atoms with Gasteiger partial charge >= 0.3 is 0 Å². The topological polar surface area (TPSA) is 132 Å². The van der Waals surface area contributed by atoms with Crippen LogP contribution >= 0.6 is 0 Å². The maximum absolute atomic E-state index is 9.99. The van der Waals surface area contributed by atoms with Crippen molar-refractivity contribution in [2.45, 2.75) is 25.2 Å². The Morgan fingerprint density at radius 1 is 1.53 bits per heavy atom. The summed E-state index contributed by atoms with van der Waals surface area (Å²) in [6.45, 7) is -0.00312. The smallest absolute Gasteiger partial charge is 0.257 e. The van der Waals surface area contributed by atoms with Gasteiger partial charge in [0.25, 0.3) is 5.88 Å². The van der Waals surface area contributed by atoms with E-state index in [-0.39, 0.29) is 36.8 Å². The molecule has 0 spiro atoms. The van der Waals surface area contributed by atoms with Crippen LogP contribution < -0.4 is 10.1 Å². The summed E-state index contributed by atoms with van der Waals surface area (Å²) >= 11 is 0. The maximum atomic E-state index is 9.99. The molecule has 1 aliphatic heterocycles. The average molecular weight is 416 g/mol. The van der Waals surface area contributed by atoms with Crippen LogP contribution in [0.15, 0.2) is 18.5 Å². The van der Waals surface area contributed by atoms with Crippen molar-refractivity contribution < 1.29 is 23.4 Å². The number of anilines is 2. The average Bonchev–Trinajstić information content (AvgIpc) is 3.45. The molecule has 1 saturated heterocycles. The molecule has 0 saturated carbocycles. The molecule has 0 aromatic carbocycles. The quantitative estimate of drug-likeness (QED) is 0.581. The van der Waals surface area contributed by atoms with Crippen LogP contribution in [0.2, 0.25) is 0 Å². The molecule has 11 heteroatoms. The number of methoxy groups -OCH3 is 1. The molecule has 3 atom stereocenters. The van der Waals surface area contributed by atoms with Crippen molar-refractivity contribution in [2.75, 3.05) is 32.2 Å². The van der Waals surface area contributed by atoms with Crippen molar-refractivity contribution in [3.63, 3.8) is 0 Å². The molecule has 30 heavy (non-hydrogen) atoms. The number of rotatable bonds is 7. The number of ether oxygens (including phenoxy) is 3. The second-order valence-electron chi connectivity index (χ2n) is 6.97. The molecule has 4 heterocycles. The summed E-state index contributed by atoms with van der Waals surface area (Å²) in [6.07, 6.45) is 1.26. The Morgan fingerprint density at radius 3 is 3.10 bits per heavy atom. The minimum Gasteiger partial charge on any atom is -0.466 e. The zero-order valence-corrected chi connectivity index (χ0v) is 16.4. The highest BCUT2D eigenvalue weighted by Crippen LogP contribution is 2.29. The maximum Gasteiger partial charge on any atom is 0.257 e. The van der Waals surface area contributed by atoms with Crippen LogP contribution in [-0.4, -0.2) is 68.6 Å². The first-order valence-corrected chi connectivity index (χ1v) is 9.28. The van der Waals surface area contributed by atoms with Gasteiger partial charge in [-0.3, -0.25) is 4.68 Å². The first-order chi connectivity index (χ1) is 15.7. The van der Waals surface area contributed by atoms with Gasteiger partial charge in [-0.25, -0.2) is 4.98 Å². The summed E-state index contributed by atoms with van der Waals surface area (Å²) < 4.78 is 41.6. The highest BCUT2D eigenvalue weighted by atomic mass is 16.6. The van der Waals surface area contributed by atoms with E-state index < -0.39 is 19.2 Å². The van der Waals surface area contributed by atoms with E-state index in [0.717, 1.165) is 4.68 Å². The van der Waals surface area contributed by atoms with E-state index in [0.29, 0.717) is 23.3 Å². The molecule has 0 radical (unpaired) electrons. The summed E-state index contributed by atoms with van der Waals surface area (Å²) in [5.41, 5.74) is 1.13. The molecular formula is C19H23N7O4. The third kappa shape index (κ3) is 3.80. The molecule has 4 rings (SSSR count). The molecule has 3 aromatic rings. The van der Waals surface area contributed by atoms with E-state index in [1.54, 1.807) is 23.9 Å². The minimum atomic E-state index is -2.54. The van der Waals surface area contributed by atoms with E-state index in [4.69, 9.17) is 18.3 Å². The van der Waals surface area contributed by atoms with Crippen LogP contribution in [0.1, 0.15) is 22.8 Å². The number of aliphatic hydroxyl groups excluding tert-OH is 1. The summed E-state index contributed by atoms with van der Waals surface area (Å²) in [7, 11) is 1.58. The summed E-state index contributed by atoms with van der Waals surface area (Å²) in [5.74, 6) is 0.110. The van der Waals surface area contributed by atoms with Gasteiger partial charge < -0.3 is 29.2 Å².